The van der Waals surface area contributed by atoms with Crippen LogP contribution in [0.25, 0.3) is 0 Å². The van der Waals surface area contributed by atoms with E-state index in [0.717, 1.165) is 22.6 Å². The normalized spacial score (nSPS) is 18.8. The highest BCUT2D eigenvalue weighted by Gasteiger charge is 2.36. The summed E-state index contributed by atoms with van der Waals surface area (Å²) >= 11 is 0. The average molecular weight is 574 g/mol. The summed E-state index contributed by atoms with van der Waals surface area (Å²) in [6.45, 7) is 4.80. The number of anilines is 2. The van der Waals surface area contributed by atoms with Gasteiger partial charge in [0, 0.05) is 69.8 Å². The number of aliphatic hydroxyl groups is 1. The summed E-state index contributed by atoms with van der Waals surface area (Å²) in [5.74, 6) is 0.0473. The molecule has 3 heterocycles. The fourth-order valence-electron chi connectivity index (χ4n) is 4.98. The highest BCUT2D eigenvalue weighted by atomic mass is 32.2. The van der Waals surface area contributed by atoms with Gasteiger partial charge >= 0.3 is 12.2 Å². The third kappa shape index (κ3) is 7.84. The van der Waals surface area contributed by atoms with Gasteiger partial charge in [0.05, 0.1) is 11.8 Å². The van der Waals surface area contributed by atoms with Crippen LogP contribution in [0, 0.1) is 0 Å². The van der Waals surface area contributed by atoms with E-state index >= 15 is 0 Å². The maximum atomic E-state index is 13.8. The number of amides is 1. The Bertz CT molecular complexity index is 1250. The lowest BCUT2D eigenvalue weighted by Gasteiger charge is -2.37. The van der Waals surface area contributed by atoms with Gasteiger partial charge in [-0.25, -0.2) is 13.2 Å². The number of aliphatic hydroxyl groups excluding tert-OH is 1. The van der Waals surface area contributed by atoms with E-state index in [-0.39, 0.29) is 23.6 Å². The molecule has 39 heavy (non-hydrogen) atoms. The Hall–Kier alpha value is -2.88. The van der Waals surface area contributed by atoms with Crippen LogP contribution in [0.15, 0.2) is 30.5 Å². The second-order valence-corrected chi connectivity index (χ2v) is 11.8. The number of halogens is 3. The van der Waals surface area contributed by atoms with Crippen LogP contribution in [0.1, 0.15) is 30.9 Å². The summed E-state index contributed by atoms with van der Waals surface area (Å²) in [6.07, 6.45) is -1.51. The maximum Gasteiger partial charge on any atom is 0.418 e. The number of hydrogen-bond acceptors (Lipinski definition) is 8. The third-order valence-electron chi connectivity index (χ3n) is 6.80. The molecular formula is C24H34F3N7O4S. The number of nitrogens with one attached hydrogen (secondary N) is 2. The van der Waals surface area contributed by atoms with Crippen molar-refractivity contribution in [1.82, 2.24) is 24.9 Å². The zero-order chi connectivity index (χ0) is 28.4. The quantitative estimate of drug-likeness (QED) is 0.430. The highest BCUT2D eigenvalue weighted by molar-refractivity contribution is 7.92. The average Bonchev–Trinajstić information content (AvgIpc) is 3.30. The molecule has 1 atom stereocenters. The van der Waals surface area contributed by atoms with E-state index in [2.05, 4.69) is 20.0 Å². The molecule has 216 valence electrons. The number of sulfonamides is 1. The molecule has 0 aliphatic carbocycles. The second-order valence-electron chi connectivity index (χ2n) is 10.0. The Morgan fingerprint density at radius 1 is 1.13 bits per heavy atom. The first-order valence-electron chi connectivity index (χ1n) is 12.7. The van der Waals surface area contributed by atoms with Crippen molar-refractivity contribution in [2.45, 2.75) is 44.8 Å². The van der Waals surface area contributed by atoms with E-state index < -0.39 is 28.0 Å². The Balaban J connectivity index is 1.37. The fraction of sp³-hybridized carbons (Fsp3) is 0.583. The Morgan fingerprint density at radius 2 is 1.79 bits per heavy atom. The van der Waals surface area contributed by atoms with E-state index in [0.29, 0.717) is 58.7 Å². The van der Waals surface area contributed by atoms with Crippen molar-refractivity contribution >= 4 is 27.6 Å². The molecule has 1 amide bonds. The maximum absolute atomic E-state index is 13.8. The molecule has 0 bridgehead atoms. The second kappa shape index (κ2) is 11.7. The number of nitrogens with zero attached hydrogens (tertiary/aromatic N) is 5. The van der Waals surface area contributed by atoms with Crippen LogP contribution < -0.4 is 14.9 Å². The molecule has 1 aromatic heterocycles. The van der Waals surface area contributed by atoms with E-state index in [1.165, 1.54) is 18.3 Å². The summed E-state index contributed by atoms with van der Waals surface area (Å²) < 4.78 is 67.5. The topological polar surface area (TPSA) is 123 Å². The molecule has 2 saturated heterocycles. The summed E-state index contributed by atoms with van der Waals surface area (Å²) in [4.78, 5) is 18.2. The van der Waals surface area contributed by atoms with Crippen molar-refractivity contribution < 1.29 is 31.5 Å². The van der Waals surface area contributed by atoms with Crippen LogP contribution in [0.2, 0.25) is 0 Å². The van der Waals surface area contributed by atoms with Crippen LogP contribution in [0.5, 0.6) is 0 Å². The molecule has 1 aromatic carbocycles. The van der Waals surface area contributed by atoms with Crippen molar-refractivity contribution in [2.24, 2.45) is 0 Å². The molecule has 4 rings (SSSR count). The molecule has 0 spiro atoms. The third-order valence-corrected chi connectivity index (χ3v) is 7.38. The van der Waals surface area contributed by atoms with Crippen LogP contribution >= 0.6 is 0 Å². The first-order valence-corrected chi connectivity index (χ1v) is 14.6. The smallest absolute Gasteiger partial charge is 0.379 e. The summed E-state index contributed by atoms with van der Waals surface area (Å²) in [6, 6.07) is 5.33. The Morgan fingerprint density at radius 3 is 2.38 bits per heavy atom. The minimum Gasteiger partial charge on any atom is -0.379 e. The van der Waals surface area contributed by atoms with Gasteiger partial charge in [-0.15, -0.1) is 5.10 Å². The zero-order valence-electron chi connectivity index (χ0n) is 21.9. The van der Waals surface area contributed by atoms with Crippen LogP contribution in [0.3, 0.4) is 0 Å². The molecule has 0 saturated carbocycles. The van der Waals surface area contributed by atoms with E-state index in [1.807, 2.05) is 0 Å². The summed E-state index contributed by atoms with van der Waals surface area (Å²) in [7, 11) is -3.51. The van der Waals surface area contributed by atoms with Gasteiger partial charge in [-0.3, -0.25) is 14.9 Å². The molecule has 1 unspecified atom stereocenters. The lowest BCUT2D eigenvalue weighted by molar-refractivity contribution is -0.137. The molecule has 2 aliphatic heterocycles. The predicted molar refractivity (Wildman–Crippen MR) is 140 cm³/mol. The van der Waals surface area contributed by atoms with Crippen molar-refractivity contribution in [3.63, 3.8) is 0 Å². The molecule has 2 aliphatic rings. The molecule has 3 N–H and O–H groups in total. The number of alkyl halides is 3. The monoisotopic (exact) mass is 573 g/mol. The Labute approximate surface area is 225 Å². The van der Waals surface area contributed by atoms with Crippen LogP contribution in [-0.2, 0) is 22.7 Å². The van der Waals surface area contributed by atoms with Crippen molar-refractivity contribution in [3.05, 3.63) is 41.6 Å². The first-order chi connectivity index (χ1) is 18.3. The number of benzene rings is 1. The van der Waals surface area contributed by atoms with Crippen LogP contribution in [0.4, 0.5) is 29.5 Å². The van der Waals surface area contributed by atoms with Gasteiger partial charge in [0.25, 0.3) is 0 Å². The van der Waals surface area contributed by atoms with Crippen molar-refractivity contribution in [1.29, 1.82) is 0 Å². The van der Waals surface area contributed by atoms with E-state index in [1.54, 1.807) is 22.8 Å². The van der Waals surface area contributed by atoms with Crippen molar-refractivity contribution in [2.75, 3.05) is 55.1 Å². The standard InChI is InChI=1S/C24H34F3N7O4S/c1-17(35)28-19-5-8-32(9-6-19)21-15-18(3-4-20(21)24(25,26)27)16-31-11-13-33(14-12-31)23(36)34-10-7-22(29-34)30-39(2,37)38/h3-4,7,10,15,17,19,28,35H,5-6,8-9,11-14,16H2,1-2H3,(H,29,30). The predicted octanol–water partition coefficient (Wildman–Crippen LogP) is 1.96. The van der Waals surface area contributed by atoms with Gasteiger partial charge in [0.1, 0.15) is 6.23 Å². The largest absolute Gasteiger partial charge is 0.418 e. The van der Waals surface area contributed by atoms with Crippen molar-refractivity contribution in [3.8, 4) is 0 Å². The van der Waals surface area contributed by atoms with Gasteiger partial charge in [-0.1, -0.05) is 6.07 Å². The molecular weight excluding hydrogens is 539 g/mol. The number of piperazine rings is 1. The fourth-order valence-corrected chi connectivity index (χ4v) is 5.47. The lowest BCUT2D eigenvalue weighted by Crippen LogP contribution is -2.49. The SMILES string of the molecule is CC(O)NC1CCN(c2cc(CN3CCN(C(=O)n4ccc(NS(C)(=O)=O)n4)CC3)ccc2C(F)(F)F)CC1. The van der Waals surface area contributed by atoms with Gasteiger partial charge < -0.3 is 14.9 Å². The summed E-state index contributed by atoms with van der Waals surface area (Å²) in [5, 5.41) is 16.5. The van der Waals surface area contributed by atoms with Gasteiger partial charge in [0.2, 0.25) is 10.0 Å². The molecule has 0 radical (unpaired) electrons. The molecule has 11 nitrogen and oxygen atoms in total. The van der Waals surface area contributed by atoms with Crippen LogP contribution in [-0.4, -0.2) is 96.9 Å². The summed E-state index contributed by atoms with van der Waals surface area (Å²) in [5.41, 5.74) is 0.264. The number of hydrogen-bond donors (Lipinski definition) is 3. The van der Waals surface area contributed by atoms with E-state index in [4.69, 9.17) is 0 Å². The molecule has 2 fully saturated rings. The number of aromatic nitrogens is 2. The number of rotatable bonds is 7. The number of carbonyl (C=O) groups is 1. The Kier molecular flexibility index (Phi) is 8.73. The minimum atomic E-state index is -4.47. The van der Waals surface area contributed by atoms with Gasteiger partial charge in [-0.05, 0) is 37.5 Å². The lowest BCUT2D eigenvalue weighted by atomic mass is 10.0. The number of carbonyl (C=O) groups excluding carboxylic acids is 1. The zero-order valence-corrected chi connectivity index (χ0v) is 22.7. The minimum absolute atomic E-state index is 0.0473. The first kappa shape index (κ1) is 29.1. The highest BCUT2D eigenvalue weighted by Crippen LogP contribution is 2.38. The number of piperidine rings is 1. The van der Waals surface area contributed by atoms with E-state index in [9.17, 15) is 31.5 Å². The van der Waals surface area contributed by atoms with Gasteiger partial charge in [0.15, 0.2) is 5.82 Å². The molecule has 15 heteroatoms. The van der Waals surface area contributed by atoms with Gasteiger partial charge in [-0.2, -0.15) is 17.9 Å². The molecule has 2 aromatic rings.